The van der Waals surface area contributed by atoms with Crippen molar-refractivity contribution >= 4 is 5.78 Å². The highest BCUT2D eigenvalue weighted by molar-refractivity contribution is 5.94. The lowest BCUT2D eigenvalue weighted by Crippen LogP contribution is -2.46. The molecule has 0 spiro atoms. The number of morpholine rings is 1. The molecule has 0 bridgehead atoms. The molecule has 1 heterocycles. The lowest BCUT2D eigenvalue weighted by Gasteiger charge is -2.35. The Kier molecular flexibility index (Phi) is 7.02. The van der Waals surface area contributed by atoms with E-state index in [1.165, 1.54) is 0 Å². The van der Waals surface area contributed by atoms with Crippen LogP contribution in [-0.4, -0.2) is 62.3 Å². The molecule has 1 saturated heterocycles. The molecule has 0 aromatic heterocycles. The summed E-state index contributed by atoms with van der Waals surface area (Å²) >= 11 is 0. The van der Waals surface area contributed by atoms with Crippen molar-refractivity contribution in [3.05, 3.63) is 29.8 Å². The van der Waals surface area contributed by atoms with Gasteiger partial charge in [-0.3, -0.25) is 9.69 Å². The van der Waals surface area contributed by atoms with Gasteiger partial charge in [0.05, 0.1) is 25.4 Å². The van der Waals surface area contributed by atoms with Crippen molar-refractivity contribution in [3.8, 4) is 5.75 Å². The highest BCUT2D eigenvalue weighted by atomic mass is 16.5. The minimum atomic E-state index is 0.0423. The summed E-state index contributed by atoms with van der Waals surface area (Å²) in [4.78, 5) is 13.7. The van der Waals surface area contributed by atoms with E-state index in [0.29, 0.717) is 31.1 Å². The van der Waals surface area contributed by atoms with Crippen molar-refractivity contribution in [1.82, 2.24) is 4.90 Å². The first-order valence-electron chi connectivity index (χ1n) is 8.24. The summed E-state index contributed by atoms with van der Waals surface area (Å²) < 4.78 is 17.0. The van der Waals surface area contributed by atoms with Crippen LogP contribution in [0.15, 0.2) is 24.3 Å². The third-order valence-corrected chi connectivity index (χ3v) is 3.78. The molecule has 1 fully saturated rings. The smallest absolute Gasteiger partial charge is 0.159 e. The number of rotatable bonds is 8. The molecule has 0 radical (unpaired) electrons. The van der Waals surface area contributed by atoms with E-state index >= 15 is 0 Å². The Bertz CT molecular complexity index is 496. The van der Waals surface area contributed by atoms with Crippen LogP contribution in [0.5, 0.6) is 5.75 Å². The number of benzene rings is 1. The molecular weight excluding hydrogens is 294 g/mol. The summed E-state index contributed by atoms with van der Waals surface area (Å²) in [5.41, 5.74) is 0.666. The van der Waals surface area contributed by atoms with Crippen molar-refractivity contribution in [2.75, 3.05) is 39.5 Å². The molecule has 5 nitrogen and oxygen atoms in total. The van der Waals surface area contributed by atoms with E-state index in [1.54, 1.807) is 19.1 Å². The van der Waals surface area contributed by atoms with Crippen LogP contribution in [0.1, 0.15) is 31.1 Å². The highest BCUT2D eigenvalue weighted by Gasteiger charge is 2.21. The van der Waals surface area contributed by atoms with E-state index in [9.17, 15) is 4.79 Å². The number of hydrogen-bond donors (Lipinski definition) is 0. The molecule has 2 atom stereocenters. The second-order valence-electron chi connectivity index (χ2n) is 6.06. The van der Waals surface area contributed by atoms with Gasteiger partial charge >= 0.3 is 0 Å². The Morgan fingerprint density at radius 3 is 2.65 bits per heavy atom. The fraction of sp³-hybridized carbons (Fsp3) is 0.611. The molecule has 1 aliphatic rings. The van der Waals surface area contributed by atoms with Crippen LogP contribution in [0.2, 0.25) is 0 Å². The highest BCUT2D eigenvalue weighted by Crippen LogP contribution is 2.13. The SMILES string of the molecule is CC(=O)c1cccc(OCCOCCN2C[C@H](C)O[C@@H](C)C2)c1. The first kappa shape index (κ1) is 17.9. The zero-order chi connectivity index (χ0) is 16.7. The molecule has 1 aromatic carbocycles. The zero-order valence-electron chi connectivity index (χ0n) is 14.3. The van der Waals surface area contributed by atoms with Crippen LogP contribution in [0, 0.1) is 0 Å². The third-order valence-electron chi connectivity index (χ3n) is 3.78. The van der Waals surface area contributed by atoms with Crippen molar-refractivity contribution in [2.45, 2.75) is 33.0 Å². The fourth-order valence-corrected chi connectivity index (χ4v) is 2.79. The molecule has 1 aromatic rings. The van der Waals surface area contributed by atoms with Gasteiger partial charge in [-0.25, -0.2) is 0 Å². The summed E-state index contributed by atoms with van der Waals surface area (Å²) in [5.74, 6) is 0.748. The predicted octanol–water partition coefficient (Wildman–Crippen LogP) is 2.39. The van der Waals surface area contributed by atoms with Gasteiger partial charge in [0.25, 0.3) is 0 Å². The van der Waals surface area contributed by atoms with Gasteiger partial charge in [0.2, 0.25) is 0 Å². The van der Waals surface area contributed by atoms with Crippen LogP contribution in [0.3, 0.4) is 0 Å². The molecule has 5 heteroatoms. The predicted molar refractivity (Wildman–Crippen MR) is 89.2 cm³/mol. The second kappa shape index (κ2) is 9.01. The van der Waals surface area contributed by atoms with Crippen LogP contribution >= 0.6 is 0 Å². The van der Waals surface area contributed by atoms with E-state index < -0.39 is 0 Å². The minimum absolute atomic E-state index is 0.0423. The molecular formula is C18H27NO4. The number of Topliss-reactive ketones (excluding diaryl/α,β-unsaturated/α-hetero) is 1. The van der Waals surface area contributed by atoms with E-state index in [1.807, 2.05) is 12.1 Å². The lowest BCUT2D eigenvalue weighted by molar-refractivity contribution is -0.0734. The summed E-state index contributed by atoms with van der Waals surface area (Å²) in [5, 5.41) is 0. The van der Waals surface area contributed by atoms with Crippen LogP contribution in [0.4, 0.5) is 0 Å². The number of ether oxygens (including phenoxy) is 3. The lowest BCUT2D eigenvalue weighted by atomic mass is 10.1. The zero-order valence-corrected chi connectivity index (χ0v) is 14.3. The summed E-state index contributed by atoms with van der Waals surface area (Å²) in [6, 6.07) is 7.23. The Hall–Kier alpha value is -1.43. The van der Waals surface area contributed by atoms with Crippen LogP contribution < -0.4 is 4.74 Å². The van der Waals surface area contributed by atoms with Crippen molar-refractivity contribution < 1.29 is 19.0 Å². The standard InChI is InChI=1S/C18H27NO4/c1-14-12-19(13-15(2)23-14)7-8-21-9-10-22-18-6-4-5-17(11-18)16(3)20/h4-6,11,14-15H,7-10,12-13H2,1-3H3/t14-,15-/m0/s1. The second-order valence-corrected chi connectivity index (χ2v) is 6.06. The van der Waals surface area contributed by atoms with Crippen LogP contribution in [0.25, 0.3) is 0 Å². The van der Waals surface area contributed by atoms with E-state index in [0.717, 1.165) is 19.6 Å². The molecule has 0 saturated carbocycles. The topological polar surface area (TPSA) is 48.0 Å². The van der Waals surface area contributed by atoms with Gasteiger partial charge in [-0.15, -0.1) is 0 Å². The van der Waals surface area contributed by atoms with Gasteiger partial charge < -0.3 is 14.2 Å². The molecule has 2 rings (SSSR count). The normalized spacial score (nSPS) is 22.0. The number of carbonyl (C=O) groups is 1. The van der Waals surface area contributed by atoms with Crippen molar-refractivity contribution in [1.29, 1.82) is 0 Å². The average molecular weight is 321 g/mol. The van der Waals surface area contributed by atoms with Crippen molar-refractivity contribution in [3.63, 3.8) is 0 Å². The molecule has 0 amide bonds. The summed E-state index contributed by atoms with van der Waals surface area (Å²) in [6.45, 7) is 10.3. The van der Waals surface area contributed by atoms with E-state index in [4.69, 9.17) is 14.2 Å². The molecule has 0 unspecified atom stereocenters. The Balaban J connectivity index is 1.59. The Labute approximate surface area is 138 Å². The minimum Gasteiger partial charge on any atom is -0.491 e. The number of nitrogens with zero attached hydrogens (tertiary/aromatic N) is 1. The fourth-order valence-electron chi connectivity index (χ4n) is 2.79. The number of carbonyl (C=O) groups excluding carboxylic acids is 1. The Morgan fingerprint density at radius 2 is 1.96 bits per heavy atom. The Morgan fingerprint density at radius 1 is 1.22 bits per heavy atom. The quantitative estimate of drug-likeness (QED) is 0.543. The summed E-state index contributed by atoms with van der Waals surface area (Å²) in [6.07, 6.45) is 0.575. The van der Waals surface area contributed by atoms with E-state index in [-0.39, 0.29) is 18.0 Å². The maximum atomic E-state index is 11.3. The number of hydrogen-bond acceptors (Lipinski definition) is 5. The molecule has 128 valence electrons. The summed E-state index contributed by atoms with van der Waals surface area (Å²) in [7, 11) is 0. The maximum Gasteiger partial charge on any atom is 0.159 e. The average Bonchev–Trinajstić information content (AvgIpc) is 2.50. The van der Waals surface area contributed by atoms with Crippen molar-refractivity contribution in [2.24, 2.45) is 0 Å². The van der Waals surface area contributed by atoms with Gasteiger partial charge in [-0.2, -0.15) is 0 Å². The number of ketones is 1. The molecule has 0 N–H and O–H groups in total. The molecule has 23 heavy (non-hydrogen) atoms. The third kappa shape index (κ3) is 6.29. The van der Waals surface area contributed by atoms with Gasteiger partial charge in [0.1, 0.15) is 12.4 Å². The van der Waals surface area contributed by atoms with E-state index in [2.05, 4.69) is 18.7 Å². The molecule has 1 aliphatic heterocycles. The van der Waals surface area contributed by atoms with Gasteiger partial charge in [0, 0.05) is 25.2 Å². The van der Waals surface area contributed by atoms with Crippen LogP contribution in [-0.2, 0) is 9.47 Å². The van der Waals surface area contributed by atoms with Gasteiger partial charge in [0.15, 0.2) is 5.78 Å². The molecule has 0 aliphatic carbocycles. The first-order valence-corrected chi connectivity index (χ1v) is 8.24. The van der Waals surface area contributed by atoms with Gasteiger partial charge in [-0.05, 0) is 32.9 Å². The maximum absolute atomic E-state index is 11.3. The first-order chi connectivity index (χ1) is 11.0. The monoisotopic (exact) mass is 321 g/mol. The largest absolute Gasteiger partial charge is 0.491 e. The van der Waals surface area contributed by atoms with Gasteiger partial charge in [-0.1, -0.05) is 12.1 Å².